The Balaban J connectivity index is 1.53. The number of ketones is 2. The summed E-state index contributed by atoms with van der Waals surface area (Å²) >= 11 is 0. The van der Waals surface area contributed by atoms with Gasteiger partial charge in [-0.2, -0.15) is 0 Å². The first kappa shape index (κ1) is 16.8. The third-order valence-electron chi connectivity index (χ3n) is 6.72. The standard InChI is InChI=1S/C23H23NO3/c1-11-7-12(2)17(13(3)8-11)19-21(25)18-16-9-15(14-5-4-6-24-10-14)23(27-16)20(18)22(19)26/h4-8,10,15-16,18-20,23H,9H2,1-3H3/t15-,16-,18-,19?,20+,23+/m0/s1. The molecular formula is C23H23NO3. The van der Waals surface area contributed by atoms with Gasteiger partial charge in [0.1, 0.15) is 5.92 Å². The van der Waals surface area contributed by atoms with Crippen molar-refractivity contribution in [1.82, 2.24) is 4.98 Å². The zero-order valence-electron chi connectivity index (χ0n) is 15.8. The third-order valence-corrected chi connectivity index (χ3v) is 6.72. The van der Waals surface area contributed by atoms with Crippen LogP contribution in [-0.2, 0) is 14.3 Å². The predicted octanol–water partition coefficient (Wildman–Crippen LogP) is 3.43. The first-order valence-corrected chi connectivity index (χ1v) is 9.68. The topological polar surface area (TPSA) is 56.3 Å². The molecule has 0 amide bonds. The number of Topliss-reactive ketones (excluding diaryl/α,β-unsaturated/α-hetero) is 2. The van der Waals surface area contributed by atoms with Gasteiger partial charge in [-0.25, -0.2) is 0 Å². The van der Waals surface area contributed by atoms with Crippen molar-refractivity contribution in [2.75, 3.05) is 0 Å². The molecule has 1 aliphatic carbocycles. The number of hydrogen-bond donors (Lipinski definition) is 0. The van der Waals surface area contributed by atoms with E-state index in [-0.39, 0.29) is 41.5 Å². The minimum absolute atomic E-state index is 0.0566. The maximum absolute atomic E-state index is 13.4. The van der Waals surface area contributed by atoms with Gasteiger partial charge < -0.3 is 4.74 Å². The monoisotopic (exact) mass is 361 g/mol. The van der Waals surface area contributed by atoms with E-state index in [4.69, 9.17) is 4.74 Å². The summed E-state index contributed by atoms with van der Waals surface area (Å²) in [5.74, 6) is -0.937. The first-order chi connectivity index (χ1) is 13.0. The van der Waals surface area contributed by atoms with Crippen molar-refractivity contribution in [2.45, 2.75) is 51.2 Å². The summed E-state index contributed by atoms with van der Waals surface area (Å²) in [6, 6.07) is 8.10. The lowest BCUT2D eigenvalue weighted by atomic mass is 9.73. The molecule has 1 aromatic heterocycles. The van der Waals surface area contributed by atoms with Crippen molar-refractivity contribution in [3.63, 3.8) is 0 Å². The van der Waals surface area contributed by atoms with E-state index in [1.165, 1.54) is 0 Å². The van der Waals surface area contributed by atoms with Gasteiger partial charge in [0.05, 0.1) is 24.0 Å². The highest BCUT2D eigenvalue weighted by Gasteiger charge is 2.66. The molecule has 5 rings (SSSR count). The molecule has 138 valence electrons. The summed E-state index contributed by atoms with van der Waals surface area (Å²) in [7, 11) is 0. The Labute approximate surface area is 159 Å². The van der Waals surface area contributed by atoms with Gasteiger partial charge in [-0.3, -0.25) is 14.6 Å². The number of benzene rings is 1. The molecule has 0 radical (unpaired) electrons. The van der Waals surface area contributed by atoms with Crippen LogP contribution in [0.15, 0.2) is 36.7 Å². The lowest BCUT2D eigenvalue weighted by Crippen LogP contribution is -2.34. The molecule has 1 saturated carbocycles. The quantitative estimate of drug-likeness (QED) is 0.769. The fraction of sp³-hybridized carbons (Fsp3) is 0.435. The summed E-state index contributed by atoms with van der Waals surface area (Å²) in [5.41, 5.74) is 5.26. The lowest BCUT2D eigenvalue weighted by molar-refractivity contribution is -0.127. The average molecular weight is 361 g/mol. The second-order valence-corrected chi connectivity index (χ2v) is 8.37. The molecule has 0 N–H and O–H groups in total. The van der Waals surface area contributed by atoms with Crippen molar-refractivity contribution in [1.29, 1.82) is 0 Å². The van der Waals surface area contributed by atoms with Gasteiger partial charge in [-0.1, -0.05) is 23.8 Å². The van der Waals surface area contributed by atoms with Gasteiger partial charge in [0.2, 0.25) is 0 Å². The fourth-order valence-corrected chi connectivity index (χ4v) is 5.81. The number of aryl methyl sites for hydroxylation is 3. The van der Waals surface area contributed by atoms with Crippen molar-refractivity contribution in [3.8, 4) is 0 Å². The van der Waals surface area contributed by atoms with Crippen molar-refractivity contribution < 1.29 is 14.3 Å². The van der Waals surface area contributed by atoms with Gasteiger partial charge in [-0.15, -0.1) is 0 Å². The van der Waals surface area contributed by atoms with Gasteiger partial charge in [0.15, 0.2) is 11.6 Å². The van der Waals surface area contributed by atoms with E-state index in [0.717, 1.165) is 34.2 Å². The van der Waals surface area contributed by atoms with E-state index in [1.54, 1.807) is 6.20 Å². The van der Waals surface area contributed by atoms with Crippen molar-refractivity contribution in [3.05, 3.63) is 64.5 Å². The van der Waals surface area contributed by atoms with Gasteiger partial charge in [0, 0.05) is 18.3 Å². The van der Waals surface area contributed by atoms with E-state index < -0.39 is 5.92 Å². The van der Waals surface area contributed by atoms with Crippen LogP contribution in [-0.4, -0.2) is 28.8 Å². The number of pyridine rings is 1. The molecule has 6 atom stereocenters. The number of fused-ring (bicyclic) bond motifs is 5. The molecule has 1 aromatic carbocycles. The normalized spacial score (nSPS) is 34.3. The molecule has 4 heteroatoms. The molecule has 3 heterocycles. The van der Waals surface area contributed by atoms with Crippen LogP contribution >= 0.6 is 0 Å². The summed E-state index contributed by atoms with van der Waals surface area (Å²) in [6.07, 6.45) is 4.07. The Bertz CT molecular complexity index is 928. The van der Waals surface area contributed by atoms with Crippen LogP contribution < -0.4 is 0 Å². The van der Waals surface area contributed by atoms with Crippen molar-refractivity contribution in [2.24, 2.45) is 11.8 Å². The highest BCUT2D eigenvalue weighted by molar-refractivity contribution is 6.17. The number of rotatable bonds is 2. The maximum Gasteiger partial charge on any atom is 0.154 e. The van der Waals surface area contributed by atoms with E-state index in [2.05, 4.69) is 17.1 Å². The van der Waals surface area contributed by atoms with E-state index in [1.807, 2.05) is 39.1 Å². The van der Waals surface area contributed by atoms with Crippen LogP contribution in [0.1, 0.15) is 46.1 Å². The number of nitrogens with zero attached hydrogens (tertiary/aromatic N) is 1. The van der Waals surface area contributed by atoms with Crippen molar-refractivity contribution >= 4 is 11.6 Å². The molecule has 0 spiro atoms. The molecule has 4 nitrogen and oxygen atoms in total. The summed E-state index contributed by atoms with van der Waals surface area (Å²) in [4.78, 5) is 31.0. The number of aromatic nitrogens is 1. The zero-order valence-corrected chi connectivity index (χ0v) is 15.8. The Morgan fingerprint density at radius 2 is 1.74 bits per heavy atom. The van der Waals surface area contributed by atoms with Crippen LogP contribution in [0.4, 0.5) is 0 Å². The molecule has 2 bridgehead atoms. The SMILES string of the molecule is Cc1cc(C)c(C2C(=O)[C@@H]3[C@@H]4O[C@@H](C[C@H]4c4cccnc4)[C@@H]3C2=O)c(C)c1. The Kier molecular flexibility index (Phi) is 3.63. The van der Waals surface area contributed by atoms with Crippen LogP contribution in [0.2, 0.25) is 0 Å². The van der Waals surface area contributed by atoms with Crippen LogP contribution in [0.25, 0.3) is 0 Å². The van der Waals surface area contributed by atoms with Gasteiger partial charge in [-0.05, 0) is 55.5 Å². The molecule has 2 saturated heterocycles. The zero-order chi connectivity index (χ0) is 18.9. The Morgan fingerprint density at radius 1 is 1.04 bits per heavy atom. The molecule has 3 fully saturated rings. The third kappa shape index (κ3) is 2.29. The average Bonchev–Trinajstić information content (AvgIpc) is 3.29. The van der Waals surface area contributed by atoms with Crippen LogP contribution in [0.3, 0.4) is 0 Å². The number of ether oxygens (including phenoxy) is 1. The van der Waals surface area contributed by atoms with E-state index in [9.17, 15) is 9.59 Å². The highest BCUT2D eigenvalue weighted by atomic mass is 16.5. The first-order valence-electron chi connectivity index (χ1n) is 9.68. The van der Waals surface area contributed by atoms with Gasteiger partial charge >= 0.3 is 0 Å². The minimum atomic E-state index is -0.623. The molecule has 3 aliphatic rings. The minimum Gasteiger partial charge on any atom is -0.373 e. The second-order valence-electron chi connectivity index (χ2n) is 8.37. The van der Waals surface area contributed by atoms with E-state index in [0.29, 0.717) is 0 Å². The number of hydrogen-bond acceptors (Lipinski definition) is 4. The maximum atomic E-state index is 13.4. The summed E-state index contributed by atoms with van der Waals surface area (Å²) < 4.78 is 6.14. The Hall–Kier alpha value is -2.33. The number of carbonyl (C=O) groups is 2. The number of carbonyl (C=O) groups excluding carboxylic acids is 2. The van der Waals surface area contributed by atoms with E-state index >= 15 is 0 Å². The molecule has 2 aliphatic heterocycles. The van der Waals surface area contributed by atoms with Crippen LogP contribution in [0, 0.1) is 32.6 Å². The Morgan fingerprint density at radius 3 is 2.41 bits per heavy atom. The summed E-state index contributed by atoms with van der Waals surface area (Å²) in [6.45, 7) is 6.06. The predicted molar refractivity (Wildman–Crippen MR) is 101 cm³/mol. The molecular weight excluding hydrogens is 338 g/mol. The second kappa shape index (κ2) is 5.83. The fourth-order valence-electron chi connectivity index (χ4n) is 5.81. The smallest absolute Gasteiger partial charge is 0.154 e. The largest absolute Gasteiger partial charge is 0.373 e. The van der Waals surface area contributed by atoms with Gasteiger partial charge in [0.25, 0.3) is 0 Å². The highest BCUT2D eigenvalue weighted by Crippen LogP contribution is 2.57. The summed E-state index contributed by atoms with van der Waals surface area (Å²) in [5, 5.41) is 0. The molecule has 1 unspecified atom stereocenters. The molecule has 2 aromatic rings. The molecule has 27 heavy (non-hydrogen) atoms. The van der Waals surface area contributed by atoms with Crippen LogP contribution in [0.5, 0.6) is 0 Å². The lowest BCUT2D eigenvalue weighted by Gasteiger charge is -2.26.